The second kappa shape index (κ2) is 11.2. The number of hydrogen-bond acceptors (Lipinski definition) is 9. The molecule has 2 atom stereocenters. The van der Waals surface area contributed by atoms with E-state index in [1.165, 1.54) is 13.2 Å². The van der Waals surface area contributed by atoms with Gasteiger partial charge in [0.2, 0.25) is 0 Å². The summed E-state index contributed by atoms with van der Waals surface area (Å²) in [6.07, 6.45) is 4.00. The standard InChI is InChI=1S/C29H32FN5O5/c1-29(2,3)40-28(36)35-19-10-18(11-20(35)15-38-14-19)17-8-9-32-24(12-17)22-13-25(33-34-27(22)31)21-6-5-7-23(30)26(21)39-16-37-4/h5-10,12-13,19-20H,11,14-16H2,1-4H3,(H2,31,34)/t19-,20+/m0/s1. The van der Waals surface area contributed by atoms with Crippen LogP contribution in [0.5, 0.6) is 5.75 Å². The van der Waals surface area contributed by atoms with Gasteiger partial charge in [-0.25, -0.2) is 9.18 Å². The minimum atomic E-state index is -0.588. The first-order valence-electron chi connectivity index (χ1n) is 12.9. The zero-order chi connectivity index (χ0) is 28.4. The van der Waals surface area contributed by atoms with Crippen molar-refractivity contribution in [3.05, 3.63) is 60.1 Å². The number of fused-ring (bicyclic) bond motifs is 2. The molecule has 10 nitrogen and oxygen atoms in total. The number of anilines is 1. The molecule has 4 heterocycles. The number of aromatic nitrogens is 3. The summed E-state index contributed by atoms with van der Waals surface area (Å²) < 4.78 is 36.4. The van der Waals surface area contributed by atoms with Crippen molar-refractivity contribution in [3.8, 4) is 28.3 Å². The molecule has 2 aliphatic rings. The Balaban J connectivity index is 1.47. The van der Waals surface area contributed by atoms with Gasteiger partial charge in [-0.2, -0.15) is 0 Å². The van der Waals surface area contributed by atoms with E-state index in [-0.39, 0.29) is 36.5 Å². The van der Waals surface area contributed by atoms with Gasteiger partial charge in [-0.15, -0.1) is 10.2 Å². The van der Waals surface area contributed by atoms with E-state index in [0.29, 0.717) is 42.1 Å². The number of pyridine rings is 1. The molecular weight excluding hydrogens is 517 g/mol. The Morgan fingerprint density at radius 1 is 1.15 bits per heavy atom. The predicted molar refractivity (Wildman–Crippen MR) is 147 cm³/mol. The average molecular weight is 550 g/mol. The fourth-order valence-electron chi connectivity index (χ4n) is 4.90. The van der Waals surface area contributed by atoms with E-state index in [1.807, 2.05) is 39.0 Å². The first-order chi connectivity index (χ1) is 19.1. The highest BCUT2D eigenvalue weighted by molar-refractivity contribution is 5.80. The van der Waals surface area contributed by atoms with E-state index in [4.69, 9.17) is 24.7 Å². The minimum absolute atomic E-state index is 0.00624. The first kappa shape index (κ1) is 27.5. The van der Waals surface area contributed by atoms with Gasteiger partial charge in [0.15, 0.2) is 24.2 Å². The quantitative estimate of drug-likeness (QED) is 0.436. The van der Waals surface area contributed by atoms with E-state index in [9.17, 15) is 9.18 Å². The molecule has 5 rings (SSSR count). The Labute approximate surface area is 231 Å². The van der Waals surface area contributed by atoms with Crippen LogP contribution in [0.1, 0.15) is 32.8 Å². The lowest BCUT2D eigenvalue weighted by atomic mass is 9.90. The number of carbonyl (C=O) groups excluding carboxylic acids is 1. The molecule has 11 heteroatoms. The van der Waals surface area contributed by atoms with Gasteiger partial charge in [0.05, 0.1) is 36.7 Å². The van der Waals surface area contributed by atoms with E-state index in [0.717, 1.165) is 11.1 Å². The van der Waals surface area contributed by atoms with Gasteiger partial charge in [0.25, 0.3) is 0 Å². The van der Waals surface area contributed by atoms with Crippen LogP contribution in [0, 0.1) is 5.82 Å². The van der Waals surface area contributed by atoms with Crippen molar-refractivity contribution in [1.29, 1.82) is 0 Å². The van der Waals surface area contributed by atoms with Gasteiger partial charge < -0.3 is 24.7 Å². The summed E-state index contributed by atoms with van der Waals surface area (Å²) in [6.45, 7) is 6.26. The number of nitrogens with two attached hydrogens (primary N) is 1. The van der Waals surface area contributed by atoms with Gasteiger partial charge in [0, 0.05) is 24.4 Å². The van der Waals surface area contributed by atoms with Crippen LogP contribution < -0.4 is 10.5 Å². The number of para-hydroxylation sites is 1. The van der Waals surface area contributed by atoms with E-state index < -0.39 is 11.4 Å². The van der Waals surface area contributed by atoms with Crippen molar-refractivity contribution in [2.45, 2.75) is 44.9 Å². The molecule has 40 heavy (non-hydrogen) atoms. The highest BCUT2D eigenvalue weighted by Gasteiger charge is 2.40. The molecule has 0 aliphatic carbocycles. The number of benzene rings is 1. The topological polar surface area (TPSA) is 122 Å². The molecule has 0 spiro atoms. The smallest absolute Gasteiger partial charge is 0.411 e. The second-order valence-corrected chi connectivity index (χ2v) is 10.7. The van der Waals surface area contributed by atoms with Crippen molar-refractivity contribution in [2.75, 3.05) is 32.9 Å². The lowest BCUT2D eigenvalue weighted by Gasteiger charge is -2.44. The molecule has 0 radical (unpaired) electrons. The summed E-state index contributed by atoms with van der Waals surface area (Å²) in [5.74, 6) is -0.357. The Bertz CT molecular complexity index is 1440. The van der Waals surface area contributed by atoms with Gasteiger partial charge in [-0.3, -0.25) is 9.88 Å². The molecule has 1 saturated heterocycles. The van der Waals surface area contributed by atoms with Gasteiger partial charge in [-0.1, -0.05) is 12.1 Å². The Kier molecular flexibility index (Phi) is 7.68. The van der Waals surface area contributed by atoms with Gasteiger partial charge in [-0.05, 0) is 68.7 Å². The lowest BCUT2D eigenvalue weighted by molar-refractivity contribution is -0.0510. The van der Waals surface area contributed by atoms with E-state index >= 15 is 0 Å². The molecule has 0 unspecified atom stereocenters. The Hall–Kier alpha value is -4.09. The van der Waals surface area contributed by atoms with Crippen LogP contribution in [0.15, 0.2) is 48.7 Å². The summed E-state index contributed by atoms with van der Waals surface area (Å²) in [5.41, 5.74) is 9.56. The summed E-state index contributed by atoms with van der Waals surface area (Å²) >= 11 is 0. The zero-order valence-electron chi connectivity index (χ0n) is 22.9. The summed E-state index contributed by atoms with van der Waals surface area (Å²) in [7, 11) is 1.46. The minimum Gasteiger partial charge on any atom is -0.464 e. The summed E-state index contributed by atoms with van der Waals surface area (Å²) in [4.78, 5) is 19.3. The zero-order valence-corrected chi connectivity index (χ0v) is 22.9. The molecule has 2 N–H and O–H groups in total. The van der Waals surface area contributed by atoms with Crippen LogP contribution in [0.25, 0.3) is 28.1 Å². The van der Waals surface area contributed by atoms with Crippen molar-refractivity contribution < 1.29 is 28.1 Å². The van der Waals surface area contributed by atoms with Crippen LogP contribution in [0.2, 0.25) is 0 Å². The molecule has 210 valence electrons. The molecule has 2 aromatic heterocycles. The fraction of sp³-hybridized carbons (Fsp3) is 0.379. The normalized spacial score (nSPS) is 18.7. The molecule has 0 saturated carbocycles. The van der Waals surface area contributed by atoms with Crippen LogP contribution in [0.3, 0.4) is 0 Å². The third-order valence-corrected chi connectivity index (χ3v) is 6.60. The molecule has 1 aromatic carbocycles. The number of amides is 1. The molecule has 3 aromatic rings. The van der Waals surface area contributed by atoms with Gasteiger partial charge >= 0.3 is 6.09 Å². The van der Waals surface area contributed by atoms with Crippen molar-refractivity contribution in [1.82, 2.24) is 20.1 Å². The van der Waals surface area contributed by atoms with Crippen molar-refractivity contribution in [3.63, 3.8) is 0 Å². The van der Waals surface area contributed by atoms with Crippen LogP contribution >= 0.6 is 0 Å². The summed E-state index contributed by atoms with van der Waals surface area (Å²) in [5, 5.41) is 8.30. The number of nitrogen functional groups attached to an aromatic ring is 1. The molecule has 1 amide bonds. The van der Waals surface area contributed by atoms with Crippen molar-refractivity contribution >= 4 is 17.5 Å². The largest absolute Gasteiger partial charge is 0.464 e. The molecule has 1 fully saturated rings. The van der Waals surface area contributed by atoms with Crippen LogP contribution in [0.4, 0.5) is 15.0 Å². The first-order valence-corrected chi connectivity index (χ1v) is 12.9. The molecule has 2 bridgehead atoms. The van der Waals surface area contributed by atoms with E-state index in [1.54, 1.807) is 29.3 Å². The number of ether oxygens (including phenoxy) is 4. The maximum absolute atomic E-state index is 14.6. The number of rotatable bonds is 6. The SMILES string of the molecule is COCOc1c(F)cccc1-c1cc(-c2cc(C3=C[C@H]4COC[C@@H](C3)N4C(=O)OC(C)(C)C)ccn2)c(N)nn1. The average Bonchev–Trinajstić information content (AvgIpc) is 2.91. The number of hydrogen-bond donors (Lipinski definition) is 1. The van der Waals surface area contributed by atoms with Crippen molar-refractivity contribution in [2.24, 2.45) is 0 Å². The third kappa shape index (κ3) is 5.75. The number of morpholine rings is 1. The maximum Gasteiger partial charge on any atom is 0.411 e. The number of nitrogens with zero attached hydrogens (tertiary/aromatic N) is 4. The Morgan fingerprint density at radius 2 is 1.98 bits per heavy atom. The molecular formula is C29H32FN5O5. The van der Waals surface area contributed by atoms with Gasteiger partial charge in [0.1, 0.15) is 5.60 Å². The maximum atomic E-state index is 14.6. The second-order valence-electron chi connectivity index (χ2n) is 10.7. The highest BCUT2D eigenvalue weighted by atomic mass is 19.1. The highest BCUT2D eigenvalue weighted by Crippen LogP contribution is 2.37. The number of methoxy groups -OCH3 is 1. The number of halogens is 1. The predicted octanol–water partition coefficient (Wildman–Crippen LogP) is 4.70. The lowest BCUT2D eigenvalue weighted by Crippen LogP contribution is -2.57. The number of carbonyl (C=O) groups is 1. The van der Waals surface area contributed by atoms with E-state index in [2.05, 4.69) is 15.2 Å². The van der Waals surface area contributed by atoms with Crippen LogP contribution in [-0.4, -0.2) is 71.0 Å². The summed E-state index contributed by atoms with van der Waals surface area (Å²) in [6, 6.07) is 9.72. The Morgan fingerprint density at radius 3 is 2.73 bits per heavy atom. The monoisotopic (exact) mass is 549 g/mol. The third-order valence-electron chi connectivity index (χ3n) is 6.60. The van der Waals surface area contributed by atoms with Crippen LogP contribution in [-0.2, 0) is 14.2 Å². The fourth-order valence-corrected chi connectivity index (χ4v) is 4.90. The molecule has 2 aliphatic heterocycles.